The molecule has 2 aliphatic rings. The summed E-state index contributed by atoms with van der Waals surface area (Å²) < 4.78 is 38.1. The predicted octanol–water partition coefficient (Wildman–Crippen LogP) is 4.33. The highest BCUT2D eigenvalue weighted by Gasteiger charge is 2.52. The Hall–Kier alpha value is -1.53. The lowest BCUT2D eigenvalue weighted by atomic mass is 9.81. The zero-order valence-electron chi connectivity index (χ0n) is 12.7. The van der Waals surface area contributed by atoms with Gasteiger partial charge in [-0.1, -0.05) is 6.07 Å². The fraction of sp³-hybridized carbons (Fsp3) is 0.353. The molecular weight excluding hydrogens is 321 g/mol. The van der Waals surface area contributed by atoms with Crippen LogP contribution < -0.4 is 5.32 Å². The number of aromatic nitrogens is 1. The number of nitrogens with one attached hydrogen (secondary N) is 1. The van der Waals surface area contributed by atoms with Gasteiger partial charge in [-0.2, -0.15) is 13.2 Å². The number of fused-ring (bicyclic) bond motifs is 7. The minimum atomic E-state index is -4.28. The molecule has 0 spiro atoms. The van der Waals surface area contributed by atoms with Crippen molar-refractivity contribution in [2.45, 2.75) is 41.7 Å². The molecular formula is C17H15F3N2S. The van der Waals surface area contributed by atoms with Crippen LogP contribution in [0.1, 0.15) is 36.1 Å². The van der Waals surface area contributed by atoms with Crippen molar-refractivity contribution >= 4 is 11.8 Å². The van der Waals surface area contributed by atoms with Crippen LogP contribution in [0.25, 0.3) is 0 Å². The van der Waals surface area contributed by atoms with Gasteiger partial charge >= 0.3 is 5.51 Å². The SMILES string of the molecule is CC12Cc3ccncc3C(C)(N1)c1cc(SC(F)(F)F)ccc12. The molecule has 2 aromatic rings. The molecule has 6 heteroatoms. The third-order valence-electron chi connectivity index (χ3n) is 4.88. The van der Waals surface area contributed by atoms with Gasteiger partial charge in [0.15, 0.2) is 0 Å². The normalized spacial score (nSPS) is 28.4. The van der Waals surface area contributed by atoms with Gasteiger partial charge in [0.25, 0.3) is 0 Å². The first-order valence-corrected chi connectivity index (χ1v) is 8.16. The second-order valence-electron chi connectivity index (χ2n) is 6.55. The molecule has 120 valence electrons. The van der Waals surface area contributed by atoms with Crippen LogP contribution in [-0.2, 0) is 17.5 Å². The number of hydrogen-bond acceptors (Lipinski definition) is 3. The summed E-state index contributed by atoms with van der Waals surface area (Å²) in [4.78, 5) is 4.44. The third kappa shape index (κ3) is 2.19. The lowest BCUT2D eigenvalue weighted by Gasteiger charge is -2.39. The van der Waals surface area contributed by atoms with Gasteiger partial charge in [-0.3, -0.25) is 10.3 Å². The van der Waals surface area contributed by atoms with Crippen LogP contribution >= 0.6 is 11.8 Å². The number of alkyl halides is 3. The first kappa shape index (κ1) is 15.0. The van der Waals surface area contributed by atoms with Crippen molar-refractivity contribution < 1.29 is 13.2 Å². The molecule has 0 fully saturated rings. The highest BCUT2D eigenvalue weighted by Crippen LogP contribution is 2.52. The smallest absolute Gasteiger partial charge is 0.294 e. The van der Waals surface area contributed by atoms with Crippen LogP contribution in [0.4, 0.5) is 13.2 Å². The summed E-state index contributed by atoms with van der Waals surface area (Å²) in [6.07, 6.45) is 4.39. The number of hydrogen-bond donors (Lipinski definition) is 1. The van der Waals surface area contributed by atoms with E-state index < -0.39 is 11.0 Å². The van der Waals surface area contributed by atoms with Crippen molar-refractivity contribution in [3.63, 3.8) is 0 Å². The fourth-order valence-electron chi connectivity index (χ4n) is 4.06. The van der Waals surface area contributed by atoms with E-state index in [1.54, 1.807) is 18.3 Å². The number of pyridine rings is 1. The molecule has 1 aromatic carbocycles. The number of nitrogens with zero attached hydrogens (tertiary/aromatic N) is 1. The van der Waals surface area contributed by atoms with E-state index in [1.807, 2.05) is 25.3 Å². The Morgan fingerprint density at radius 2 is 1.91 bits per heavy atom. The van der Waals surface area contributed by atoms with Crippen molar-refractivity contribution in [1.82, 2.24) is 10.3 Å². The molecule has 1 aromatic heterocycles. The maximum Gasteiger partial charge on any atom is 0.446 e. The molecule has 0 aliphatic carbocycles. The average Bonchev–Trinajstić information content (AvgIpc) is 2.62. The third-order valence-corrected chi connectivity index (χ3v) is 5.60. The maximum absolute atomic E-state index is 12.7. The van der Waals surface area contributed by atoms with Gasteiger partial charge in [-0.25, -0.2) is 0 Å². The Balaban J connectivity index is 1.90. The minimum absolute atomic E-state index is 0.0636. The van der Waals surface area contributed by atoms with Gasteiger partial charge in [0.2, 0.25) is 0 Å². The van der Waals surface area contributed by atoms with Crippen molar-refractivity contribution in [2.24, 2.45) is 0 Å². The molecule has 0 saturated carbocycles. The van der Waals surface area contributed by atoms with E-state index in [1.165, 1.54) is 5.56 Å². The van der Waals surface area contributed by atoms with Crippen LogP contribution in [0.5, 0.6) is 0 Å². The zero-order valence-corrected chi connectivity index (χ0v) is 13.5. The maximum atomic E-state index is 12.7. The quantitative estimate of drug-likeness (QED) is 0.785. The van der Waals surface area contributed by atoms with Gasteiger partial charge < -0.3 is 0 Å². The van der Waals surface area contributed by atoms with Gasteiger partial charge in [-0.15, -0.1) is 0 Å². The number of rotatable bonds is 1. The number of benzene rings is 1. The molecule has 4 rings (SSSR count). The minimum Gasteiger partial charge on any atom is -0.294 e. The first-order chi connectivity index (χ1) is 10.7. The Morgan fingerprint density at radius 1 is 1.13 bits per heavy atom. The number of thioether (sulfide) groups is 1. The highest BCUT2D eigenvalue weighted by molar-refractivity contribution is 8.00. The Labute approximate surface area is 136 Å². The van der Waals surface area contributed by atoms with Gasteiger partial charge in [0.1, 0.15) is 0 Å². The molecule has 2 nitrogen and oxygen atoms in total. The summed E-state index contributed by atoms with van der Waals surface area (Å²) in [5.74, 6) is 0. The molecule has 23 heavy (non-hydrogen) atoms. The fourth-order valence-corrected chi connectivity index (χ4v) is 4.64. The summed E-state index contributed by atoms with van der Waals surface area (Å²) in [7, 11) is 0. The van der Waals surface area contributed by atoms with E-state index >= 15 is 0 Å². The Kier molecular flexibility index (Phi) is 2.95. The van der Waals surface area contributed by atoms with Crippen molar-refractivity contribution in [3.8, 4) is 0 Å². The van der Waals surface area contributed by atoms with Crippen LogP contribution in [0, 0.1) is 0 Å². The van der Waals surface area contributed by atoms with Gasteiger partial charge in [-0.05, 0) is 72.5 Å². The number of halogens is 3. The summed E-state index contributed by atoms with van der Waals surface area (Å²) in [6.45, 7) is 4.13. The summed E-state index contributed by atoms with van der Waals surface area (Å²) in [5, 5.41) is 3.62. The Morgan fingerprint density at radius 3 is 2.65 bits per heavy atom. The van der Waals surface area contributed by atoms with E-state index in [0.717, 1.165) is 23.1 Å². The Bertz CT molecular complexity index is 805. The summed E-state index contributed by atoms with van der Waals surface area (Å²) in [6, 6.07) is 7.08. The van der Waals surface area contributed by atoms with Crippen LogP contribution in [0.3, 0.4) is 0 Å². The van der Waals surface area contributed by atoms with Gasteiger partial charge in [0, 0.05) is 22.8 Å². The molecule has 0 radical (unpaired) electrons. The molecule has 3 heterocycles. The zero-order chi connectivity index (χ0) is 16.5. The highest BCUT2D eigenvalue weighted by atomic mass is 32.2. The lowest BCUT2D eigenvalue weighted by molar-refractivity contribution is -0.0328. The molecule has 2 bridgehead atoms. The largest absolute Gasteiger partial charge is 0.446 e. The van der Waals surface area contributed by atoms with Crippen molar-refractivity contribution in [1.29, 1.82) is 0 Å². The van der Waals surface area contributed by atoms with Crippen molar-refractivity contribution in [2.75, 3.05) is 0 Å². The monoisotopic (exact) mass is 336 g/mol. The predicted molar refractivity (Wildman–Crippen MR) is 83.2 cm³/mol. The molecule has 2 atom stereocenters. The van der Waals surface area contributed by atoms with Crippen LogP contribution in [0.15, 0.2) is 41.6 Å². The summed E-state index contributed by atoms with van der Waals surface area (Å²) in [5.41, 5.74) is -0.813. The molecule has 2 aliphatic heterocycles. The van der Waals surface area contributed by atoms with Crippen LogP contribution in [0.2, 0.25) is 0 Å². The summed E-state index contributed by atoms with van der Waals surface area (Å²) >= 11 is -0.0636. The van der Waals surface area contributed by atoms with E-state index in [2.05, 4.69) is 17.2 Å². The van der Waals surface area contributed by atoms with E-state index in [9.17, 15) is 13.2 Å². The average molecular weight is 336 g/mol. The first-order valence-electron chi connectivity index (χ1n) is 7.35. The van der Waals surface area contributed by atoms with E-state index in [-0.39, 0.29) is 22.2 Å². The van der Waals surface area contributed by atoms with Crippen molar-refractivity contribution in [3.05, 3.63) is 58.9 Å². The standard InChI is InChI=1S/C17H15F3N2S/c1-15-8-10-5-6-21-9-14(10)16(2,22-15)13-7-11(3-4-12(13)15)23-17(18,19)20/h3-7,9,22H,8H2,1-2H3. The molecule has 0 saturated heterocycles. The lowest BCUT2D eigenvalue weighted by Crippen LogP contribution is -2.50. The van der Waals surface area contributed by atoms with Gasteiger partial charge in [0.05, 0.1) is 5.54 Å². The molecule has 0 amide bonds. The molecule has 2 unspecified atom stereocenters. The molecule has 1 N–H and O–H groups in total. The second kappa shape index (κ2) is 4.51. The topological polar surface area (TPSA) is 24.9 Å². The van der Waals surface area contributed by atoms with E-state index in [0.29, 0.717) is 0 Å². The van der Waals surface area contributed by atoms with Crippen LogP contribution in [-0.4, -0.2) is 10.5 Å². The van der Waals surface area contributed by atoms with E-state index in [4.69, 9.17) is 0 Å². The second-order valence-corrected chi connectivity index (χ2v) is 7.69.